The molecule has 3 aromatic rings. The van der Waals surface area contributed by atoms with Gasteiger partial charge >= 0.3 is 0 Å². The molecule has 0 aliphatic carbocycles. The Balaban J connectivity index is 2.01. The quantitative estimate of drug-likeness (QED) is 0.755. The molecule has 0 saturated heterocycles. The average molecular weight is 289 g/mol. The Bertz CT molecular complexity index is 753. The summed E-state index contributed by atoms with van der Waals surface area (Å²) in [4.78, 5) is 4.20. The van der Waals surface area contributed by atoms with E-state index >= 15 is 0 Å². The molecule has 20 heavy (non-hydrogen) atoms. The van der Waals surface area contributed by atoms with Crippen LogP contribution in [0, 0.1) is 0 Å². The maximum atomic E-state index is 9.79. The van der Waals surface area contributed by atoms with Gasteiger partial charge in [-0.1, -0.05) is 16.8 Å². The van der Waals surface area contributed by atoms with Crippen LogP contribution in [0.4, 0.5) is 0 Å². The van der Waals surface area contributed by atoms with E-state index in [-0.39, 0.29) is 17.4 Å². The summed E-state index contributed by atoms with van der Waals surface area (Å²) in [5.74, 6) is 0.702. The third kappa shape index (κ3) is 2.31. The summed E-state index contributed by atoms with van der Waals surface area (Å²) < 4.78 is 5.13. The lowest BCUT2D eigenvalue weighted by Crippen LogP contribution is -1.82. The lowest BCUT2D eigenvalue weighted by Gasteiger charge is -1.99. The number of aromatic hydroxyl groups is 2. The molecule has 0 fully saturated rings. The van der Waals surface area contributed by atoms with Crippen molar-refractivity contribution in [3.8, 4) is 34.3 Å². The normalized spacial score (nSPS) is 10.7. The van der Waals surface area contributed by atoms with Crippen LogP contribution in [-0.2, 0) is 0 Å². The second-order valence-electron chi connectivity index (χ2n) is 4.13. The molecule has 1 aromatic heterocycles. The van der Waals surface area contributed by atoms with Gasteiger partial charge in [0, 0.05) is 10.6 Å². The summed E-state index contributed by atoms with van der Waals surface area (Å²) in [7, 11) is 0. The zero-order valence-electron chi connectivity index (χ0n) is 10.1. The molecule has 3 rings (SSSR count). The highest BCUT2D eigenvalue weighted by Crippen LogP contribution is 2.31. The largest absolute Gasteiger partial charge is 0.508 e. The molecule has 0 aliphatic heterocycles. The lowest BCUT2D eigenvalue weighted by atomic mass is 10.2. The molecule has 6 heteroatoms. The third-order valence-electron chi connectivity index (χ3n) is 2.74. The standard InChI is InChI=1S/C14H9ClN2O3/c15-9-3-6-12(19)11(7-9)14-16-13(17-20-14)8-1-4-10(18)5-2-8/h1-7,18-19H. The van der Waals surface area contributed by atoms with Crippen molar-refractivity contribution in [3.05, 3.63) is 47.5 Å². The number of hydrogen-bond acceptors (Lipinski definition) is 5. The van der Waals surface area contributed by atoms with Crippen LogP contribution in [0.1, 0.15) is 0 Å². The number of phenols is 2. The maximum absolute atomic E-state index is 9.79. The first-order valence-corrected chi connectivity index (χ1v) is 6.13. The fraction of sp³-hybridized carbons (Fsp3) is 0. The van der Waals surface area contributed by atoms with E-state index in [2.05, 4.69) is 10.1 Å². The molecule has 0 aliphatic rings. The van der Waals surface area contributed by atoms with Crippen LogP contribution in [-0.4, -0.2) is 20.4 Å². The van der Waals surface area contributed by atoms with Crippen molar-refractivity contribution in [3.63, 3.8) is 0 Å². The van der Waals surface area contributed by atoms with Gasteiger partial charge in [0.05, 0.1) is 5.56 Å². The van der Waals surface area contributed by atoms with Crippen molar-refractivity contribution in [2.75, 3.05) is 0 Å². The minimum atomic E-state index is 0.00954. The molecule has 0 amide bonds. The SMILES string of the molecule is Oc1ccc(-c2noc(-c3cc(Cl)ccc3O)n2)cc1. The van der Waals surface area contributed by atoms with E-state index in [1.54, 1.807) is 24.3 Å². The third-order valence-corrected chi connectivity index (χ3v) is 2.98. The topological polar surface area (TPSA) is 79.4 Å². The minimum absolute atomic E-state index is 0.00954. The van der Waals surface area contributed by atoms with Crippen LogP contribution in [0.2, 0.25) is 5.02 Å². The number of benzene rings is 2. The van der Waals surface area contributed by atoms with E-state index in [0.717, 1.165) is 0 Å². The highest BCUT2D eigenvalue weighted by molar-refractivity contribution is 6.30. The number of halogens is 1. The summed E-state index contributed by atoms with van der Waals surface area (Å²) in [6, 6.07) is 11.0. The van der Waals surface area contributed by atoms with Gasteiger partial charge in [-0.3, -0.25) is 0 Å². The van der Waals surface area contributed by atoms with Gasteiger partial charge in [0.2, 0.25) is 5.82 Å². The number of phenolic OH excluding ortho intramolecular Hbond substituents is 2. The molecule has 5 nitrogen and oxygen atoms in total. The first kappa shape index (κ1) is 12.5. The van der Waals surface area contributed by atoms with Gasteiger partial charge in [0.25, 0.3) is 5.89 Å². The summed E-state index contributed by atoms with van der Waals surface area (Å²) in [6.45, 7) is 0. The molecule has 1 heterocycles. The monoisotopic (exact) mass is 288 g/mol. The number of aromatic nitrogens is 2. The smallest absolute Gasteiger partial charge is 0.262 e. The van der Waals surface area contributed by atoms with E-state index in [1.807, 2.05) is 0 Å². The van der Waals surface area contributed by atoms with Gasteiger partial charge < -0.3 is 14.7 Å². The van der Waals surface area contributed by atoms with Crippen molar-refractivity contribution in [2.24, 2.45) is 0 Å². The zero-order valence-corrected chi connectivity index (χ0v) is 10.9. The molecule has 0 saturated carbocycles. The fourth-order valence-corrected chi connectivity index (χ4v) is 1.91. The van der Waals surface area contributed by atoms with Crippen molar-refractivity contribution >= 4 is 11.6 Å². The zero-order chi connectivity index (χ0) is 14.1. The van der Waals surface area contributed by atoms with Crippen molar-refractivity contribution in [2.45, 2.75) is 0 Å². The lowest BCUT2D eigenvalue weighted by molar-refractivity contribution is 0.425. The summed E-state index contributed by atoms with van der Waals surface area (Å²) in [5, 5.41) is 23.3. The van der Waals surface area contributed by atoms with Crippen LogP contribution in [0.15, 0.2) is 47.0 Å². The van der Waals surface area contributed by atoms with Crippen LogP contribution < -0.4 is 0 Å². The Morgan fingerprint density at radius 2 is 1.75 bits per heavy atom. The van der Waals surface area contributed by atoms with E-state index in [1.165, 1.54) is 18.2 Å². The second kappa shape index (κ2) is 4.86. The van der Waals surface area contributed by atoms with Crippen molar-refractivity contribution in [1.82, 2.24) is 10.1 Å². The molecule has 0 bridgehead atoms. The predicted octanol–water partition coefficient (Wildman–Crippen LogP) is 3.47. The second-order valence-corrected chi connectivity index (χ2v) is 4.57. The first-order valence-electron chi connectivity index (χ1n) is 5.75. The van der Waals surface area contributed by atoms with Crippen molar-refractivity contribution in [1.29, 1.82) is 0 Å². The van der Waals surface area contributed by atoms with E-state index < -0.39 is 0 Å². The number of hydrogen-bond donors (Lipinski definition) is 2. The Kier molecular flexibility index (Phi) is 3.04. The highest BCUT2D eigenvalue weighted by atomic mass is 35.5. The summed E-state index contributed by atoms with van der Waals surface area (Å²) in [5.41, 5.74) is 1.06. The van der Waals surface area contributed by atoms with Gasteiger partial charge in [-0.15, -0.1) is 0 Å². The first-order chi connectivity index (χ1) is 9.63. The Morgan fingerprint density at radius 3 is 2.50 bits per heavy atom. The van der Waals surface area contributed by atoms with Crippen LogP contribution >= 0.6 is 11.6 Å². The fourth-order valence-electron chi connectivity index (χ4n) is 1.74. The number of rotatable bonds is 2. The molecule has 0 unspecified atom stereocenters. The summed E-state index contributed by atoms with van der Waals surface area (Å²) in [6.07, 6.45) is 0. The predicted molar refractivity (Wildman–Crippen MR) is 73.5 cm³/mol. The van der Waals surface area contributed by atoms with Gasteiger partial charge in [0.1, 0.15) is 11.5 Å². The highest BCUT2D eigenvalue weighted by Gasteiger charge is 2.14. The van der Waals surface area contributed by atoms with Gasteiger partial charge in [-0.05, 0) is 42.5 Å². The van der Waals surface area contributed by atoms with E-state index in [9.17, 15) is 10.2 Å². The van der Waals surface area contributed by atoms with Gasteiger partial charge in [-0.2, -0.15) is 4.98 Å². The molecule has 2 aromatic carbocycles. The van der Waals surface area contributed by atoms with Gasteiger partial charge in [0.15, 0.2) is 0 Å². The van der Waals surface area contributed by atoms with Crippen LogP contribution in [0.3, 0.4) is 0 Å². The molecule has 0 radical (unpaired) electrons. The molecule has 100 valence electrons. The molecule has 0 spiro atoms. The molecule has 2 N–H and O–H groups in total. The Labute approximate surface area is 119 Å². The average Bonchev–Trinajstić information content (AvgIpc) is 2.92. The summed E-state index contributed by atoms with van der Waals surface area (Å²) >= 11 is 5.88. The van der Waals surface area contributed by atoms with Crippen molar-refractivity contribution < 1.29 is 14.7 Å². The van der Waals surface area contributed by atoms with Crippen LogP contribution in [0.25, 0.3) is 22.8 Å². The maximum Gasteiger partial charge on any atom is 0.262 e. The molecule has 0 atom stereocenters. The Hall–Kier alpha value is -2.53. The Morgan fingerprint density at radius 1 is 1.00 bits per heavy atom. The van der Waals surface area contributed by atoms with Crippen LogP contribution in [0.5, 0.6) is 11.5 Å². The number of nitrogens with zero attached hydrogens (tertiary/aromatic N) is 2. The minimum Gasteiger partial charge on any atom is -0.508 e. The molecular weight excluding hydrogens is 280 g/mol. The van der Waals surface area contributed by atoms with Gasteiger partial charge in [-0.25, -0.2) is 0 Å². The van der Waals surface area contributed by atoms with E-state index in [4.69, 9.17) is 16.1 Å². The van der Waals surface area contributed by atoms with E-state index in [0.29, 0.717) is 22.0 Å². The molecular formula is C14H9ClN2O3.